The van der Waals surface area contributed by atoms with Crippen LogP contribution in [0.3, 0.4) is 0 Å². The molecule has 2 heterocycles. The van der Waals surface area contributed by atoms with Crippen LogP contribution in [0.2, 0.25) is 0 Å². The summed E-state index contributed by atoms with van der Waals surface area (Å²) in [5, 5.41) is 3.37. The van der Waals surface area contributed by atoms with E-state index in [1.165, 1.54) is 12.8 Å². The van der Waals surface area contributed by atoms with E-state index in [9.17, 15) is 4.79 Å². The van der Waals surface area contributed by atoms with Gasteiger partial charge in [0, 0.05) is 19.5 Å². The molecule has 2 rings (SSSR count). The van der Waals surface area contributed by atoms with E-state index in [1.807, 2.05) is 0 Å². The lowest BCUT2D eigenvalue weighted by Crippen LogP contribution is -2.32. The lowest BCUT2D eigenvalue weighted by atomic mass is 9.92. The summed E-state index contributed by atoms with van der Waals surface area (Å²) in [4.78, 5) is 14.2. The van der Waals surface area contributed by atoms with Gasteiger partial charge in [0.05, 0.1) is 0 Å². The second-order valence-corrected chi connectivity index (χ2v) is 6.46. The molecule has 2 aliphatic heterocycles. The first-order valence-corrected chi connectivity index (χ1v) is 7.05. The quantitative estimate of drug-likeness (QED) is 0.816. The Morgan fingerprint density at radius 2 is 2.06 bits per heavy atom. The van der Waals surface area contributed by atoms with Crippen LogP contribution >= 0.6 is 0 Å². The number of hydrogen-bond acceptors (Lipinski definition) is 2. The van der Waals surface area contributed by atoms with E-state index in [0.717, 1.165) is 51.4 Å². The second kappa shape index (κ2) is 5.38. The molecule has 0 aromatic rings. The van der Waals surface area contributed by atoms with E-state index in [2.05, 4.69) is 24.1 Å². The van der Waals surface area contributed by atoms with Crippen LogP contribution in [0, 0.1) is 11.3 Å². The number of rotatable bonds is 3. The topological polar surface area (TPSA) is 32.3 Å². The fraction of sp³-hybridized carbons (Fsp3) is 0.929. The maximum Gasteiger partial charge on any atom is 0.222 e. The van der Waals surface area contributed by atoms with Crippen LogP contribution in [0.15, 0.2) is 0 Å². The smallest absolute Gasteiger partial charge is 0.222 e. The third kappa shape index (κ3) is 3.70. The van der Waals surface area contributed by atoms with Crippen molar-refractivity contribution in [3.8, 4) is 0 Å². The molecule has 0 radical (unpaired) electrons. The summed E-state index contributed by atoms with van der Waals surface area (Å²) >= 11 is 0. The number of carbonyl (C=O) groups excluding carboxylic acids is 1. The van der Waals surface area contributed by atoms with Crippen LogP contribution in [0.1, 0.15) is 46.0 Å². The van der Waals surface area contributed by atoms with E-state index in [-0.39, 0.29) is 0 Å². The molecule has 0 atom stereocenters. The van der Waals surface area contributed by atoms with Crippen molar-refractivity contribution in [1.82, 2.24) is 10.2 Å². The highest BCUT2D eigenvalue weighted by Gasteiger charge is 2.31. The van der Waals surface area contributed by atoms with Crippen molar-refractivity contribution in [2.75, 3.05) is 26.2 Å². The maximum atomic E-state index is 12.1. The highest BCUT2D eigenvalue weighted by molar-refractivity contribution is 5.76. The molecule has 2 saturated heterocycles. The molecule has 0 saturated carbocycles. The molecule has 3 nitrogen and oxygen atoms in total. The second-order valence-electron chi connectivity index (χ2n) is 6.46. The lowest BCUT2D eigenvalue weighted by molar-refractivity contribution is -0.130. The molecule has 1 N–H and O–H groups in total. The van der Waals surface area contributed by atoms with Crippen LogP contribution < -0.4 is 5.32 Å². The van der Waals surface area contributed by atoms with E-state index in [0.29, 0.717) is 11.3 Å². The number of likely N-dealkylation sites (tertiary alicyclic amines) is 1. The van der Waals surface area contributed by atoms with Crippen LogP contribution in [-0.2, 0) is 4.79 Å². The molecular formula is C14H26N2O. The number of carbonyl (C=O) groups is 1. The molecule has 0 bridgehead atoms. The highest BCUT2D eigenvalue weighted by Crippen LogP contribution is 2.29. The van der Waals surface area contributed by atoms with Gasteiger partial charge < -0.3 is 10.2 Å². The molecule has 0 unspecified atom stereocenters. The van der Waals surface area contributed by atoms with Crippen molar-refractivity contribution in [1.29, 1.82) is 0 Å². The monoisotopic (exact) mass is 238 g/mol. The predicted molar refractivity (Wildman–Crippen MR) is 69.8 cm³/mol. The van der Waals surface area contributed by atoms with Crippen molar-refractivity contribution in [2.24, 2.45) is 11.3 Å². The summed E-state index contributed by atoms with van der Waals surface area (Å²) in [5.41, 5.74) is 0.338. The molecule has 3 heteroatoms. The standard InChI is InChI=1S/C14H26N2O/c1-14(2)7-10-16(11-14)13(17)4-3-12-5-8-15-9-6-12/h12,15H,3-11H2,1-2H3. The number of nitrogens with one attached hydrogen (secondary N) is 1. The highest BCUT2D eigenvalue weighted by atomic mass is 16.2. The van der Waals surface area contributed by atoms with Crippen molar-refractivity contribution in [3.63, 3.8) is 0 Å². The zero-order valence-corrected chi connectivity index (χ0v) is 11.3. The average Bonchev–Trinajstić information content (AvgIpc) is 2.68. The van der Waals surface area contributed by atoms with Gasteiger partial charge in [-0.25, -0.2) is 0 Å². The Morgan fingerprint density at radius 3 is 2.65 bits per heavy atom. The zero-order chi connectivity index (χ0) is 12.3. The van der Waals surface area contributed by atoms with Gasteiger partial charge in [-0.1, -0.05) is 13.8 Å². The summed E-state index contributed by atoms with van der Waals surface area (Å²) in [5.74, 6) is 1.16. The Balaban J connectivity index is 1.70. The zero-order valence-electron chi connectivity index (χ0n) is 11.3. The molecule has 0 aromatic carbocycles. The Kier molecular flexibility index (Phi) is 4.08. The van der Waals surface area contributed by atoms with E-state index < -0.39 is 0 Å². The average molecular weight is 238 g/mol. The van der Waals surface area contributed by atoms with Gasteiger partial charge in [-0.2, -0.15) is 0 Å². The first kappa shape index (κ1) is 12.9. The third-order valence-electron chi connectivity index (χ3n) is 4.26. The largest absolute Gasteiger partial charge is 0.342 e. The fourth-order valence-electron chi connectivity index (χ4n) is 2.98. The van der Waals surface area contributed by atoms with Gasteiger partial charge in [0.15, 0.2) is 0 Å². The first-order chi connectivity index (χ1) is 8.07. The van der Waals surface area contributed by atoms with Gasteiger partial charge >= 0.3 is 0 Å². The van der Waals surface area contributed by atoms with E-state index in [1.54, 1.807) is 0 Å². The molecule has 0 aliphatic carbocycles. The van der Waals surface area contributed by atoms with Crippen molar-refractivity contribution >= 4 is 5.91 Å². The summed E-state index contributed by atoms with van der Waals surface area (Å²) < 4.78 is 0. The maximum absolute atomic E-state index is 12.1. The van der Waals surface area contributed by atoms with Crippen LogP contribution in [-0.4, -0.2) is 37.0 Å². The molecule has 2 fully saturated rings. The van der Waals surface area contributed by atoms with Crippen LogP contribution in [0.25, 0.3) is 0 Å². The summed E-state index contributed by atoms with van der Waals surface area (Å²) in [6.07, 6.45) is 5.52. The van der Waals surface area contributed by atoms with Crippen LogP contribution in [0.4, 0.5) is 0 Å². The number of nitrogens with zero attached hydrogens (tertiary/aromatic N) is 1. The number of hydrogen-bond donors (Lipinski definition) is 1. The van der Waals surface area contributed by atoms with E-state index in [4.69, 9.17) is 0 Å². The Morgan fingerprint density at radius 1 is 1.35 bits per heavy atom. The molecule has 17 heavy (non-hydrogen) atoms. The predicted octanol–water partition coefficient (Wildman–Crippen LogP) is 2.02. The molecule has 0 spiro atoms. The van der Waals surface area contributed by atoms with Gasteiger partial charge in [-0.15, -0.1) is 0 Å². The van der Waals surface area contributed by atoms with Crippen molar-refractivity contribution < 1.29 is 4.79 Å². The Labute approximate surface area is 105 Å². The SMILES string of the molecule is CC1(C)CCN(C(=O)CCC2CCNCC2)C1. The van der Waals surface area contributed by atoms with Gasteiger partial charge in [0.2, 0.25) is 5.91 Å². The molecule has 0 aromatic heterocycles. The first-order valence-electron chi connectivity index (χ1n) is 7.05. The minimum absolute atomic E-state index is 0.338. The molecule has 2 aliphatic rings. The Bertz CT molecular complexity index is 269. The van der Waals surface area contributed by atoms with Gasteiger partial charge in [0.25, 0.3) is 0 Å². The minimum atomic E-state index is 0.338. The third-order valence-corrected chi connectivity index (χ3v) is 4.26. The van der Waals surface area contributed by atoms with Gasteiger partial charge in [0.1, 0.15) is 0 Å². The van der Waals surface area contributed by atoms with Crippen molar-refractivity contribution in [3.05, 3.63) is 0 Å². The lowest BCUT2D eigenvalue weighted by Gasteiger charge is -2.24. The summed E-state index contributed by atoms with van der Waals surface area (Å²) in [6, 6.07) is 0. The van der Waals surface area contributed by atoms with Gasteiger partial charge in [-0.3, -0.25) is 4.79 Å². The summed E-state index contributed by atoms with van der Waals surface area (Å²) in [6.45, 7) is 8.71. The van der Waals surface area contributed by atoms with Crippen LogP contribution in [0.5, 0.6) is 0 Å². The van der Waals surface area contributed by atoms with Gasteiger partial charge in [-0.05, 0) is 50.1 Å². The fourth-order valence-corrected chi connectivity index (χ4v) is 2.98. The van der Waals surface area contributed by atoms with E-state index >= 15 is 0 Å². The number of piperidine rings is 1. The van der Waals surface area contributed by atoms with Crippen molar-refractivity contribution in [2.45, 2.75) is 46.0 Å². The molecule has 98 valence electrons. The number of amides is 1. The normalized spacial score (nSPS) is 25.2. The summed E-state index contributed by atoms with van der Waals surface area (Å²) in [7, 11) is 0. The molecular weight excluding hydrogens is 212 g/mol. The molecule has 1 amide bonds. The minimum Gasteiger partial charge on any atom is -0.342 e. The Hall–Kier alpha value is -0.570.